The Morgan fingerprint density at radius 1 is 1.04 bits per heavy atom. The van der Waals surface area contributed by atoms with Crippen LogP contribution in [-0.2, 0) is 17.3 Å². The molecule has 4 heteroatoms. The van der Waals surface area contributed by atoms with Gasteiger partial charge in [0.15, 0.2) is 0 Å². The summed E-state index contributed by atoms with van der Waals surface area (Å²) in [5.74, 6) is 0.360. The molecule has 0 aliphatic heterocycles. The van der Waals surface area contributed by atoms with Crippen molar-refractivity contribution < 1.29 is 0 Å². The normalized spacial score (nSPS) is 14.4. The molecule has 1 atom stereocenters. The molecule has 1 unspecified atom stereocenters. The van der Waals surface area contributed by atoms with Crippen LogP contribution in [0.5, 0.6) is 0 Å². The number of hydrogen-bond acceptors (Lipinski definition) is 2. The smallest absolute Gasteiger partial charge is 0.0954 e. The van der Waals surface area contributed by atoms with Gasteiger partial charge in [-0.2, -0.15) is 5.10 Å². The van der Waals surface area contributed by atoms with E-state index in [-0.39, 0.29) is 10.8 Å². The molecule has 0 aliphatic rings. The first-order valence-corrected chi connectivity index (χ1v) is 9.02. The van der Waals surface area contributed by atoms with E-state index >= 15 is 0 Å². The van der Waals surface area contributed by atoms with Gasteiger partial charge in [0, 0.05) is 28.8 Å². The molecule has 2 rings (SSSR count). The lowest BCUT2D eigenvalue weighted by molar-refractivity contribution is 0.477. The monoisotopic (exact) mass is 330 g/mol. The minimum Gasteiger partial charge on any atom is -0.331 e. The van der Waals surface area contributed by atoms with E-state index in [1.54, 1.807) is 0 Å². The fraction of sp³-hybridized carbons (Fsp3) is 0.700. The third-order valence-electron chi connectivity index (χ3n) is 4.61. The SMILES string of the molecule is CC(Cc1ncn(C(C)C)c1C(C)(C)C)c1[nH]ncc1C(C)(C)C. The van der Waals surface area contributed by atoms with E-state index < -0.39 is 0 Å². The van der Waals surface area contributed by atoms with Crippen LogP contribution in [0.2, 0.25) is 0 Å². The van der Waals surface area contributed by atoms with Crippen LogP contribution in [0, 0.1) is 0 Å². The summed E-state index contributed by atoms with van der Waals surface area (Å²) >= 11 is 0. The number of nitrogens with zero attached hydrogens (tertiary/aromatic N) is 3. The molecule has 0 bridgehead atoms. The number of hydrogen-bond donors (Lipinski definition) is 1. The van der Waals surface area contributed by atoms with Crippen LogP contribution < -0.4 is 0 Å². The number of aromatic amines is 1. The summed E-state index contributed by atoms with van der Waals surface area (Å²) in [5.41, 5.74) is 5.27. The zero-order chi connectivity index (χ0) is 18.3. The van der Waals surface area contributed by atoms with Crippen LogP contribution in [0.3, 0.4) is 0 Å². The molecule has 0 radical (unpaired) electrons. The van der Waals surface area contributed by atoms with Crippen molar-refractivity contribution >= 4 is 0 Å². The molecule has 4 nitrogen and oxygen atoms in total. The molecule has 134 valence electrons. The standard InChI is InChI=1S/C20H34N4/c1-13(2)24-12-21-16(18(24)20(7,8)9)10-14(3)17-15(11-22-23-17)19(4,5)6/h11-14H,10H2,1-9H3,(H,22,23). The summed E-state index contributed by atoms with van der Waals surface area (Å²) in [6, 6.07) is 0.424. The first kappa shape index (κ1) is 18.8. The minimum absolute atomic E-state index is 0.0800. The molecule has 0 saturated carbocycles. The van der Waals surface area contributed by atoms with E-state index in [1.807, 2.05) is 12.5 Å². The van der Waals surface area contributed by atoms with E-state index in [9.17, 15) is 0 Å². The van der Waals surface area contributed by atoms with Crippen LogP contribution in [0.25, 0.3) is 0 Å². The summed E-state index contributed by atoms with van der Waals surface area (Å²) in [4.78, 5) is 4.77. The van der Waals surface area contributed by atoms with Crippen LogP contribution in [0.4, 0.5) is 0 Å². The van der Waals surface area contributed by atoms with Crippen molar-refractivity contribution in [3.8, 4) is 0 Å². The van der Waals surface area contributed by atoms with Crippen molar-refractivity contribution in [1.82, 2.24) is 19.7 Å². The van der Waals surface area contributed by atoms with Crippen LogP contribution in [0.15, 0.2) is 12.5 Å². The molecule has 1 N–H and O–H groups in total. The van der Waals surface area contributed by atoms with Gasteiger partial charge in [0.2, 0.25) is 0 Å². The Hall–Kier alpha value is -1.58. The Morgan fingerprint density at radius 3 is 2.17 bits per heavy atom. The second-order valence-electron chi connectivity index (χ2n) is 9.34. The molecule has 2 aromatic rings. The average molecular weight is 331 g/mol. The molecule has 24 heavy (non-hydrogen) atoms. The Bertz CT molecular complexity index is 677. The second-order valence-corrected chi connectivity index (χ2v) is 9.34. The van der Waals surface area contributed by atoms with Gasteiger partial charge in [0.05, 0.1) is 18.2 Å². The maximum atomic E-state index is 4.77. The molecule has 0 fully saturated rings. The van der Waals surface area contributed by atoms with Crippen LogP contribution >= 0.6 is 0 Å². The first-order chi connectivity index (χ1) is 10.9. The largest absolute Gasteiger partial charge is 0.331 e. The maximum absolute atomic E-state index is 4.77. The molecule has 0 aromatic carbocycles. The highest BCUT2D eigenvalue weighted by molar-refractivity contribution is 5.30. The van der Waals surface area contributed by atoms with E-state index in [1.165, 1.54) is 22.6 Å². The van der Waals surface area contributed by atoms with Crippen molar-refractivity contribution in [3.63, 3.8) is 0 Å². The highest BCUT2D eigenvalue weighted by Crippen LogP contribution is 2.34. The Morgan fingerprint density at radius 2 is 1.67 bits per heavy atom. The predicted molar refractivity (Wildman–Crippen MR) is 101 cm³/mol. The molecule has 0 amide bonds. The van der Waals surface area contributed by atoms with Gasteiger partial charge < -0.3 is 4.57 Å². The molecule has 0 aliphatic carbocycles. The van der Waals surface area contributed by atoms with Crippen molar-refractivity contribution in [2.45, 2.75) is 91.5 Å². The van der Waals surface area contributed by atoms with Gasteiger partial charge in [-0.05, 0) is 31.2 Å². The highest BCUT2D eigenvalue weighted by atomic mass is 15.1. The zero-order valence-electron chi connectivity index (χ0n) is 16.9. The summed E-state index contributed by atoms with van der Waals surface area (Å²) in [6.45, 7) is 20.2. The van der Waals surface area contributed by atoms with Crippen molar-refractivity contribution in [1.29, 1.82) is 0 Å². The van der Waals surface area contributed by atoms with Crippen LogP contribution in [-0.4, -0.2) is 19.7 Å². The van der Waals surface area contributed by atoms with Gasteiger partial charge in [0.25, 0.3) is 0 Å². The minimum atomic E-state index is 0.0800. The molecule has 0 saturated heterocycles. The molecule has 2 aromatic heterocycles. The Kier molecular flexibility index (Phi) is 4.98. The second kappa shape index (κ2) is 6.38. The fourth-order valence-corrected chi connectivity index (χ4v) is 3.42. The number of nitrogens with one attached hydrogen (secondary N) is 1. The molecule has 0 spiro atoms. The predicted octanol–water partition coefficient (Wildman–Crippen LogP) is 5.13. The van der Waals surface area contributed by atoms with Gasteiger partial charge in [0.1, 0.15) is 0 Å². The summed E-state index contributed by atoms with van der Waals surface area (Å²) in [6.07, 6.45) is 4.91. The first-order valence-electron chi connectivity index (χ1n) is 9.02. The Labute approximate surface area is 147 Å². The third kappa shape index (κ3) is 3.73. The fourth-order valence-electron chi connectivity index (χ4n) is 3.42. The van der Waals surface area contributed by atoms with E-state index in [0.717, 1.165) is 6.42 Å². The summed E-state index contributed by atoms with van der Waals surface area (Å²) in [7, 11) is 0. The third-order valence-corrected chi connectivity index (χ3v) is 4.61. The van der Waals surface area contributed by atoms with Gasteiger partial charge in [-0.1, -0.05) is 48.5 Å². The Balaban J connectivity index is 2.37. The van der Waals surface area contributed by atoms with Crippen molar-refractivity contribution in [2.24, 2.45) is 0 Å². The number of aromatic nitrogens is 4. The van der Waals surface area contributed by atoms with Crippen molar-refractivity contribution in [3.05, 3.63) is 35.2 Å². The summed E-state index contributed by atoms with van der Waals surface area (Å²) < 4.78 is 2.32. The maximum Gasteiger partial charge on any atom is 0.0954 e. The molecular weight excluding hydrogens is 296 g/mol. The number of imidazole rings is 1. The van der Waals surface area contributed by atoms with Gasteiger partial charge in [-0.15, -0.1) is 0 Å². The highest BCUT2D eigenvalue weighted by Gasteiger charge is 2.28. The van der Waals surface area contributed by atoms with Gasteiger partial charge in [-0.25, -0.2) is 4.98 Å². The quantitative estimate of drug-likeness (QED) is 0.845. The lowest BCUT2D eigenvalue weighted by atomic mass is 9.82. The van der Waals surface area contributed by atoms with E-state index in [0.29, 0.717) is 12.0 Å². The lowest BCUT2D eigenvalue weighted by Gasteiger charge is -2.26. The number of H-pyrrole nitrogens is 1. The zero-order valence-corrected chi connectivity index (χ0v) is 16.9. The van der Waals surface area contributed by atoms with Crippen molar-refractivity contribution in [2.75, 3.05) is 0 Å². The molecule has 2 heterocycles. The molecular formula is C20H34N4. The lowest BCUT2D eigenvalue weighted by Crippen LogP contribution is -2.21. The van der Waals surface area contributed by atoms with Gasteiger partial charge >= 0.3 is 0 Å². The van der Waals surface area contributed by atoms with E-state index in [2.05, 4.69) is 77.1 Å². The van der Waals surface area contributed by atoms with E-state index in [4.69, 9.17) is 4.98 Å². The average Bonchev–Trinajstić information content (AvgIpc) is 3.02. The topological polar surface area (TPSA) is 46.5 Å². The summed E-state index contributed by atoms with van der Waals surface area (Å²) in [5, 5.41) is 7.54. The van der Waals surface area contributed by atoms with Gasteiger partial charge in [-0.3, -0.25) is 5.10 Å². The number of rotatable bonds is 4. The van der Waals surface area contributed by atoms with Crippen LogP contribution in [0.1, 0.15) is 96.9 Å².